The van der Waals surface area contributed by atoms with Crippen molar-refractivity contribution in [3.8, 4) is 11.1 Å². The minimum Gasteiger partial charge on any atom is -0.462 e. The normalized spacial score (nSPS) is 10.7. The molecule has 0 aliphatic rings. The summed E-state index contributed by atoms with van der Waals surface area (Å²) in [5.74, 6) is -0.679. The Kier molecular flexibility index (Phi) is 12.1. The summed E-state index contributed by atoms with van der Waals surface area (Å²) in [6.07, 6.45) is 6.88. The summed E-state index contributed by atoms with van der Waals surface area (Å²) in [5, 5.41) is 17.5. The van der Waals surface area contributed by atoms with E-state index in [4.69, 9.17) is 19.7 Å². The molecule has 6 heteroatoms. The third-order valence-corrected chi connectivity index (χ3v) is 5.15. The van der Waals surface area contributed by atoms with E-state index in [1.165, 1.54) is 0 Å². The molecule has 174 valence electrons. The molecule has 0 heterocycles. The van der Waals surface area contributed by atoms with Crippen LogP contribution in [0.2, 0.25) is 0 Å². The van der Waals surface area contributed by atoms with Gasteiger partial charge in [-0.1, -0.05) is 37.1 Å². The van der Waals surface area contributed by atoms with E-state index in [1.807, 2.05) is 24.3 Å². The smallest absolute Gasteiger partial charge is 0.338 e. The summed E-state index contributed by atoms with van der Waals surface area (Å²) in [4.78, 5) is 24.3. The van der Waals surface area contributed by atoms with Gasteiger partial charge in [-0.3, -0.25) is 0 Å². The molecule has 0 aromatic heterocycles. The molecule has 0 saturated carbocycles. The topological polar surface area (TPSA) is 93.1 Å². The van der Waals surface area contributed by atoms with Crippen molar-refractivity contribution >= 4 is 11.9 Å². The first kappa shape index (κ1) is 25.6. The van der Waals surface area contributed by atoms with Crippen molar-refractivity contribution in [3.63, 3.8) is 0 Å². The van der Waals surface area contributed by atoms with Crippen molar-refractivity contribution in [3.05, 3.63) is 59.7 Å². The fourth-order valence-corrected chi connectivity index (χ4v) is 3.23. The van der Waals surface area contributed by atoms with Crippen LogP contribution in [-0.2, 0) is 9.47 Å². The van der Waals surface area contributed by atoms with E-state index in [-0.39, 0.29) is 25.2 Å². The van der Waals surface area contributed by atoms with Gasteiger partial charge >= 0.3 is 11.9 Å². The van der Waals surface area contributed by atoms with E-state index in [9.17, 15) is 9.59 Å². The quantitative estimate of drug-likeness (QED) is 0.305. The molecule has 0 amide bonds. The van der Waals surface area contributed by atoms with Crippen molar-refractivity contribution in [2.75, 3.05) is 26.4 Å². The molecule has 0 bridgehead atoms. The molecule has 2 aromatic carbocycles. The molecule has 0 aliphatic heterocycles. The van der Waals surface area contributed by atoms with E-state index < -0.39 is 0 Å². The van der Waals surface area contributed by atoms with Gasteiger partial charge in [-0.15, -0.1) is 0 Å². The first-order valence-corrected chi connectivity index (χ1v) is 11.4. The van der Waals surface area contributed by atoms with Crippen LogP contribution in [0.3, 0.4) is 0 Å². The lowest BCUT2D eigenvalue weighted by Crippen LogP contribution is -2.06. The molecular weight excluding hydrogens is 408 g/mol. The number of carbonyl (C=O) groups is 2. The van der Waals surface area contributed by atoms with Crippen molar-refractivity contribution in [1.29, 1.82) is 0 Å². The summed E-state index contributed by atoms with van der Waals surface area (Å²) in [6, 6.07) is 14.4. The SMILES string of the molecule is O=C(OCCCCCCO)c1ccc(-c2ccc(C(=O)OCCCCCCO)cc2)cc1. The Morgan fingerprint density at radius 3 is 1.22 bits per heavy atom. The fraction of sp³-hybridized carbons (Fsp3) is 0.462. The third kappa shape index (κ3) is 9.20. The highest BCUT2D eigenvalue weighted by molar-refractivity contribution is 5.91. The molecule has 0 aliphatic carbocycles. The first-order chi connectivity index (χ1) is 15.7. The molecule has 0 radical (unpaired) electrons. The Bertz CT molecular complexity index is 729. The van der Waals surface area contributed by atoms with Crippen LogP contribution >= 0.6 is 0 Å². The molecule has 2 N–H and O–H groups in total. The van der Waals surface area contributed by atoms with Gasteiger partial charge < -0.3 is 19.7 Å². The highest BCUT2D eigenvalue weighted by Crippen LogP contribution is 2.21. The van der Waals surface area contributed by atoms with Crippen LogP contribution in [0.5, 0.6) is 0 Å². The average Bonchev–Trinajstić information content (AvgIpc) is 2.83. The first-order valence-electron chi connectivity index (χ1n) is 11.4. The van der Waals surface area contributed by atoms with Gasteiger partial charge in [0.2, 0.25) is 0 Å². The van der Waals surface area contributed by atoms with Crippen LogP contribution in [0.4, 0.5) is 0 Å². The Morgan fingerprint density at radius 1 is 0.531 bits per heavy atom. The minimum atomic E-state index is -0.340. The third-order valence-electron chi connectivity index (χ3n) is 5.15. The van der Waals surface area contributed by atoms with Crippen LogP contribution in [0.15, 0.2) is 48.5 Å². The predicted molar refractivity (Wildman–Crippen MR) is 124 cm³/mol. The zero-order chi connectivity index (χ0) is 23.0. The Hall–Kier alpha value is -2.70. The number of aliphatic hydroxyl groups excluding tert-OH is 2. The summed E-state index contributed by atoms with van der Waals surface area (Å²) in [5.41, 5.74) is 2.88. The molecule has 6 nitrogen and oxygen atoms in total. The van der Waals surface area contributed by atoms with Gasteiger partial charge in [0.1, 0.15) is 0 Å². The van der Waals surface area contributed by atoms with Crippen LogP contribution in [0, 0.1) is 0 Å². The number of rotatable bonds is 15. The highest BCUT2D eigenvalue weighted by Gasteiger charge is 2.09. The fourth-order valence-electron chi connectivity index (χ4n) is 3.23. The number of esters is 2. The molecule has 2 aromatic rings. The Labute approximate surface area is 190 Å². The maximum atomic E-state index is 12.1. The van der Waals surface area contributed by atoms with Gasteiger partial charge in [0.15, 0.2) is 0 Å². The summed E-state index contributed by atoms with van der Waals surface area (Å²) in [6.45, 7) is 1.16. The molecule has 0 spiro atoms. The number of ether oxygens (including phenoxy) is 2. The largest absolute Gasteiger partial charge is 0.462 e. The highest BCUT2D eigenvalue weighted by atomic mass is 16.5. The van der Waals surface area contributed by atoms with Gasteiger partial charge in [0, 0.05) is 13.2 Å². The second-order valence-electron chi connectivity index (χ2n) is 7.70. The molecule has 0 saturated heterocycles. The van der Waals surface area contributed by atoms with Crippen LogP contribution in [-0.4, -0.2) is 48.6 Å². The summed E-state index contributed by atoms with van der Waals surface area (Å²) in [7, 11) is 0. The van der Waals surface area contributed by atoms with Gasteiger partial charge in [-0.25, -0.2) is 9.59 Å². The van der Waals surface area contributed by atoms with Crippen molar-refractivity contribution in [2.24, 2.45) is 0 Å². The maximum absolute atomic E-state index is 12.1. The monoisotopic (exact) mass is 442 g/mol. The zero-order valence-electron chi connectivity index (χ0n) is 18.6. The van der Waals surface area contributed by atoms with Crippen molar-refractivity contribution in [1.82, 2.24) is 0 Å². The van der Waals surface area contributed by atoms with E-state index in [0.29, 0.717) is 24.3 Å². The lowest BCUT2D eigenvalue weighted by atomic mass is 10.0. The Balaban J connectivity index is 1.78. The molecular formula is C26H34O6. The molecule has 2 rings (SSSR count). The lowest BCUT2D eigenvalue weighted by molar-refractivity contribution is 0.0488. The maximum Gasteiger partial charge on any atom is 0.338 e. The number of aliphatic hydroxyl groups is 2. The summed E-state index contributed by atoms with van der Waals surface area (Å²) < 4.78 is 10.6. The van der Waals surface area contributed by atoms with Crippen LogP contribution in [0.1, 0.15) is 72.1 Å². The van der Waals surface area contributed by atoms with Gasteiger partial charge in [0.25, 0.3) is 0 Å². The number of unbranched alkanes of at least 4 members (excludes halogenated alkanes) is 6. The van der Waals surface area contributed by atoms with E-state index in [2.05, 4.69) is 0 Å². The standard InChI is InChI=1S/C26H34O6/c27-17-5-1-3-7-19-31-25(29)23-13-9-21(10-14-23)22-11-15-24(16-12-22)26(30)32-20-8-4-2-6-18-28/h9-16,27-28H,1-8,17-20H2. The van der Waals surface area contributed by atoms with Gasteiger partial charge in [0.05, 0.1) is 24.3 Å². The average molecular weight is 443 g/mol. The number of hydrogen-bond acceptors (Lipinski definition) is 6. The van der Waals surface area contributed by atoms with E-state index in [0.717, 1.165) is 62.5 Å². The van der Waals surface area contributed by atoms with Crippen LogP contribution in [0.25, 0.3) is 11.1 Å². The second-order valence-corrected chi connectivity index (χ2v) is 7.70. The molecule has 0 fully saturated rings. The number of carbonyl (C=O) groups excluding carboxylic acids is 2. The Morgan fingerprint density at radius 2 is 0.875 bits per heavy atom. The van der Waals surface area contributed by atoms with E-state index >= 15 is 0 Å². The van der Waals surface area contributed by atoms with Crippen molar-refractivity contribution in [2.45, 2.75) is 51.4 Å². The van der Waals surface area contributed by atoms with Crippen LogP contribution < -0.4 is 0 Å². The number of hydrogen-bond donors (Lipinski definition) is 2. The summed E-state index contributed by atoms with van der Waals surface area (Å²) >= 11 is 0. The van der Waals surface area contributed by atoms with Gasteiger partial charge in [-0.2, -0.15) is 0 Å². The molecule has 32 heavy (non-hydrogen) atoms. The lowest BCUT2D eigenvalue weighted by Gasteiger charge is -2.08. The van der Waals surface area contributed by atoms with Crippen molar-refractivity contribution < 1.29 is 29.3 Å². The minimum absolute atomic E-state index is 0.200. The zero-order valence-corrected chi connectivity index (χ0v) is 18.6. The number of benzene rings is 2. The second kappa shape index (κ2) is 15.2. The molecule has 0 unspecified atom stereocenters. The van der Waals surface area contributed by atoms with Gasteiger partial charge in [-0.05, 0) is 73.9 Å². The predicted octanol–water partition coefficient (Wildman–Crippen LogP) is 4.77. The molecule has 0 atom stereocenters. The van der Waals surface area contributed by atoms with E-state index in [1.54, 1.807) is 24.3 Å².